The molecule has 0 saturated carbocycles. The lowest BCUT2D eigenvalue weighted by molar-refractivity contribution is -0.134. The molecule has 1 fully saturated rings. The van der Waals surface area contributed by atoms with Gasteiger partial charge in [0.2, 0.25) is 5.91 Å². The number of ether oxygens (including phenoxy) is 1. The molecule has 1 aromatic carbocycles. The first-order chi connectivity index (χ1) is 11.8. The maximum absolute atomic E-state index is 12.6. The molecule has 0 aromatic heterocycles. The third-order valence-corrected chi connectivity index (χ3v) is 5.41. The standard InChI is InChI=1S/C20H30N2O2.ClH/c21-10-3-13-24-19-8-11-22(12-9-19)20(23)15-16-6-7-17-4-1-2-5-18(17)14-16;/h1-2,4-5,16,19H,3,6-15,21H2;1H. The Bertz CT molecular complexity index is 544. The van der Waals surface area contributed by atoms with Crippen LogP contribution in [0.2, 0.25) is 0 Å². The predicted octanol–water partition coefficient (Wildman–Crippen LogP) is 2.96. The molecule has 0 radical (unpaired) electrons. The molecule has 1 unspecified atom stereocenters. The zero-order valence-electron chi connectivity index (χ0n) is 15.0. The van der Waals surface area contributed by atoms with E-state index in [0.717, 1.165) is 58.2 Å². The largest absolute Gasteiger partial charge is 0.378 e. The van der Waals surface area contributed by atoms with Crippen LogP contribution in [0.25, 0.3) is 0 Å². The summed E-state index contributed by atoms with van der Waals surface area (Å²) in [5.74, 6) is 0.839. The van der Waals surface area contributed by atoms with Crippen LogP contribution in [0.4, 0.5) is 0 Å². The topological polar surface area (TPSA) is 55.6 Å². The van der Waals surface area contributed by atoms with Gasteiger partial charge in [0.05, 0.1) is 6.10 Å². The number of carbonyl (C=O) groups is 1. The van der Waals surface area contributed by atoms with Crippen LogP contribution in [-0.2, 0) is 22.4 Å². The number of hydrogen-bond acceptors (Lipinski definition) is 3. The third-order valence-electron chi connectivity index (χ3n) is 5.41. The van der Waals surface area contributed by atoms with E-state index in [-0.39, 0.29) is 12.4 Å². The van der Waals surface area contributed by atoms with Crippen LogP contribution in [0, 0.1) is 5.92 Å². The Morgan fingerprint density at radius 1 is 1.16 bits per heavy atom. The minimum absolute atomic E-state index is 0. The average molecular weight is 367 g/mol. The van der Waals surface area contributed by atoms with Gasteiger partial charge in [0.1, 0.15) is 0 Å². The lowest BCUT2D eigenvalue weighted by Crippen LogP contribution is -2.41. The van der Waals surface area contributed by atoms with Gasteiger partial charge in [-0.05, 0) is 62.1 Å². The number of piperidine rings is 1. The summed E-state index contributed by atoms with van der Waals surface area (Å²) in [5.41, 5.74) is 8.40. The number of amides is 1. The Balaban J connectivity index is 0.00000225. The van der Waals surface area contributed by atoms with Crippen LogP contribution in [0.5, 0.6) is 0 Å². The second kappa shape index (κ2) is 10.1. The smallest absolute Gasteiger partial charge is 0.222 e. The van der Waals surface area contributed by atoms with Crippen molar-refractivity contribution in [3.8, 4) is 0 Å². The van der Waals surface area contributed by atoms with Gasteiger partial charge in [0.15, 0.2) is 0 Å². The molecular weight excluding hydrogens is 336 g/mol. The fourth-order valence-corrected chi connectivity index (χ4v) is 3.93. The van der Waals surface area contributed by atoms with Gasteiger partial charge in [0.25, 0.3) is 0 Å². The van der Waals surface area contributed by atoms with Crippen molar-refractivity contribution < 1.29 is 9.53 Å². The number of rotatable bonds is 6. The Morgan fingerprint density at radius 2 is 1.88 bits per heavy atom. The van der Waals surface area contributed by atoms with Crippen LogP contribution >= 0.6 is 12.4 Å². The van der Waals surface area contributed by atoms with E-state index in [9.17, 15) is 4.79 Å². The summed E-state index contributed by atoms with van der Waals surface area (Å²) in [6.45, 7) is 3.11. The average Bonchev–Trinajstić information content (AvgIpc) is 2.62. The van der Waals surface area contributed by atoms with Crippen molar-refractivity contribution in [1.82, 2.24) is 4.90 Å². The molecule has 1 amide bonds. The Morgan fingerprint density at radius 3 is 2.60 bits per heavy atom. The molecular formula is C20H31ClN2O2. The molecule has 0 spiro atoms. The van der Waals surface area contributed by atoms with Gasteiger partial charge in [0, 0.05) is 26.1 Å². The van der Waals surface area contributed by atoms with Crippen molar-refractivity contribution in [2.75, 3.05) is 26.2 Å². The lowest BCUT2D eigenvalue weighted by atomic mass is 9.82. The van der Waals surface area contributed by atoms with E-state index in [4.69, 9.17) is 10.5 Å². The molecule has 0 bridgehead atoms. The summed E-state index contributed by atoms with van der Waals surface area (Å²) >= 11 is 0. The number of aryl methyl sites for hydroxylation is 1. The maximum atomic E-state index is 12.6. The van der Waals surface area contributed by atoms with Gasteiger partial charge < -0.3 is 15.4 Å². The van der Waals surface area contributed by atoms with Crippen LogP contribution in [0.1, 0.15) is 43.2 Å². The quantitative estimate of drug-likeness (QED) is 0.787. The molecule has 1 saturated heterocycles. The van der Waals surface area contributed by atoms with Crippen LogP contribution < -0.4 is 5.73 Å². The van der Waals surface area contributed by atoms with Gasteiger partial charge in [-0.1, -0.05) is 24.3 Å². The maximum Gasteiger partial charge on any atom is 0.222 e. The Kier molecular flexibility index (Phi) is 8.20. The Hall–Kier alpha value is -1.10. The molecule has 2 aliphatic rings. The highest BCUT2D eigenvalue weighted by molar-refractivity contribution is 5.85. The van der Waals surface area contributed by atoms with Crippen molar-refractivity contribution in [3.05, 3.63) is 35.4 Å². The zero-order chi connectivity index (χ0) is 16.8. The summed E-state index contributed by atoms with van der Waals surface area (Å²) in [7, 11) is 0. The molecule has 140 valence electrons. The summed E-state index contributed by atoms with van der Waals surface area (Å²) in [5, 5.41) is 0. The monoisotopic (exact) mass is 366 g/mol. The summed E-state index contributed by atoms with van der Waals surface area (Å²) in [6, 6.07) is 8.67. The van der Waals surface area contributed by atoms with Gasteiger partial charge in [-0.3, -0.25) is 4.79 Å². The van der Waals surface area contributed by atoms with Gasteiger partial charge in [-0.25, -0.2) is 0 Å². The highest BCUT2D eigenvalue weighted by Crippen LogP contribution is 2.28. The molecule has 1 aliphatic carbocycles. The molecule has 2 N–H and O–H groups in total. The predicted molar refractivity (Wildman–Crippen MR) is 103 cm³/mol. The first kappa shape index (κ1) is 20.2. The van der Waals surface area contributed by atoms with Crippen LogP contribution in [-0.4, -0.2) is 43.2 Å². The van der Waals surface area contributed by atoms with Crippen molar-refractivity contribution in [2.45, 2.75) is 51.0 Å². The van der Waals surface area contributed by atoms with E-state index in [1.807, 2.05) is 4.90 Å². The second-order valence-electron chi connectivity index (χ2n) is 7.17. The number of nitrogens with zero attached hydrogens (tertiary/aromatic N) is 1. The van der Waals surface area contributed by atoms with E-state index >= 15 is 0 Å². The molecule has 4 nitrogen and oxygen atoms in total. The number of fused-ring (bicyclic) bond motifs is 1. The fraction of sp³-hybridized carbons (Fsp3) is 0.650. The molecule has 5 heteroatoms. The zero-order valence-corrected chi connectivity index (χ0v) is 15.8. The molecule has 25 heavy (non-hydrogen) atoms. The van der Waals surface area contributed by atoms with Gasteiger partial charge in [-0.2, -0.15) is 0 Å². The number of benzene rings is 1. The van der Waals surface area contributed by atoms with Crippen LogP contribution in [0.15, 0.2) is 24.3 Å². The molecule has 1 heterocycles. The first-order valence-corrected chi connectivity index (χ1v) is 9.42. The molecule has 1 atom stereocenters. The van der Waals surface area contributed by atoms with Crippen LogP contribution in [0.3, 0.4) is 0 Å². The van der Waals surface area contributed by atoms with Gasteiger partial charge >= 0.3 is 0 Å². The van der Waals surface area contributed by atoms with E-state index in [2.05, 4.69) is 24.3 Å². The van der Waals surface area contributed by atoms with E-state index < -0.39 is 0 Å². The minimum atomic E-state index is 0. The number of nitrogens with two attached hydrogens (primary N) is 1. The van der Waals surface area contributed by atoms with E-state index in [1.165, 1.54) is 11.1 Å². The third kappa shape index (κ3) is 5.70. The van der Waals surface area contributed by atoms with E-state index in [0.29, 0.717) is 30.9 Å². The SMILES string of the molecule is Cl.NCCCOC1CCN(C(=O)CC2CCc3ccccc3C2)CC1. The highest BCUT2D eigenvalue weighted by atomic mass is 35.5. The molecule has 3 rings (SSSR count). The summed E-state index contributed by atoms with van der Waals surface area (Å²) in [4.78, 5) is 14.7. The second-order valence-corrected chi connectivity index (χ2v) is 7.17. The van der Waals surface area contributed by atoms with Crippen molar-refractivity contribution in [2.24, 2.45) is 11.7 Å². The molecule has 1 aromatic rings. The van der Waals surface area contributed by atoms with Crippen molar-refractivity contribution in [1.29, 1.82) is 0 Å². The van der Waals surface area contributed by atoms with E-state index in [1.54, 1.807) is 0 Å². The summed E-state index contributed by atoms with van der Waals surface area (Å²) in [6.07, 6.45) is 7.16. The van der Waals surface area contributed by atoms with Crippen molar-refractivity contribution >= 4 is 18.3 Å². The number of likely N-dealkylation sites (tertiary alicyclic amines) is 1. The molecule has 1 aliphatic heterocycles. The summed E-state index contributed by atoms with van der Waals surface area (Å²) < 4.78 is 5.82. The number of halogens is 1. The highest BCUT2D eigenvalue weighted by Gasteiger charge is 2.26. The number of carbonyl (C=O) groups excluding carboxylic acids is 1. The normalized spacial score (nSPS) is 20.7. The van der Waals surface area contributed by atoms with Crippen molar-refractivity contribution in [3.63, 3.8) is 0 Å². The Labute approximate surface area is 157 Å². The minimum Gasteiger partial charge on any atom is -0.378 e. The lowest BCUT2D eigenvalue weighted by Gasteiger charge is -2.33. The first-order valence-electron chi connectivity index (χ1n) is 9.42. The number of hydrogen-bond donors (Lipinski definition) is 1. The van der Waals surface area contributed by atoms with Gasteiger partial charge in [-0.15, -0.1) is 12.4 Å². The fourth-order valence-electron chi connectivity index (χ4n) is 3.93.